The van der Waals surface area contributed by atoms with E-state index in [1.165, 1.54) is 19.2 Å². The van der Waals surface area contributed by atoms with E-state index >= 15 is 0 Å². The van der Waals surface area contributed by atoms with Crippen LogP contribution < -0.4 is 10.1 Å². The Morgan fingerprint density at radius 3 is 2.58 bits per heavy atom. The predicted molar refractivity (Wildman–Crippen MR) is 72.8 cm³/mol. The summed E-state index contributed by atoms with van der Waals surface area (Å²) in [4.78, 5) is 8.48. The highest BCUT2D eigenvalue weighted by Gasteiger charge is 2.10. The van der Waals surface area contributed by atoms with Crippen molar-refractivity contribution in [3.63, 3.8) is 0 Å². The molecule has 0 saturated carbocycles. The zero-order chi connectivity index (χ0) is 14.0. The van der Waals surface area contributed by atoms with Crippen LogP contribution in [0, 0.1) is 19.7 Å². The minimum Gasteiger partial charge on any atom is -0.494 e. The summed E-state index contributed by atoms with van der Waals surface area (Å²) in [6.07, 6.45) is 0. The molecule has 0 saturated heterocycles. The molecule has 19 heavy (non-hydrogen) atoms. The molecule has 0 fully saturated rings. The summed E-state index contributed by atoms with van der Waals surface area (Å²) in [5.41, 5.74) is 2.11. The molecule has 2 aromatic rings. The number of ether oxygens (including phenoxy) is 1. The number of rotatable bonds is 3. The molecule has 100 valence electrons. The van der Waals surface area contributed by atoms with Crippen LogP contribution in [0.5, 0.6) is 5.75 Å². The molecule has 1 aromatic heterocycles. The first-order chi connectivity index (χ1) is 9.01. The standard InChI is InChI=1S/C13H13ClFN3O/c1-7-8(2)17-13(12(14)16-7)18-10-5-4-9(15)6-11(10)19-3/h4-6H,1-3H3,(H,17,18). The Labute approximate surface area is 115 Å². The second-order valence-electron chi connectivity index (χ2n) is 4.00. The Bertz CT molecular complexity index is 619. The van der Waals surface area contributed by atoms with Crippen molar-refractivity contribution in [3.05, 3.63) is 40.6 Å². The molecule has 6 heteroatoms. The molecule has 1 heterocycles. The number of aromatic nitrogens is 2. The summed E-state index contributed by atoms with van der Waals surface area (Å²) in [6.45, 7) is 3.67. The topological polar surface area (TPSA) is 47.0 Å². The number of nitrogens with zero attached hydrogens (tertiary/aromatic N) is 2. The van der Waals surface area contributed by atoms with E-state index in [1.807, 2.05) is 13.8 Å². The van der Waals surface area contributed by atoms with Crippen molar-refractivity contribution in [2.45, 2.75) is 13.8 Å². The lowest BCUT2D eigenvalue weighted by Gasteiger charge is -2.12. The van der Waals surface area contributed by atoms with Gasteiger partial charge in [0.25, 0.3) is 0 Å². The van der Waals surface area contributed by atoms with Crippen molar-refractivity contribution in [2.75, 3.05) is 12.4 Å². The Morgan fingerprint density at radius 2 is 1.89 bits per heavy atom. The zero-order valence-electron chi connectivity index (χ0n) is 10.8. The van der Waals surface area contributed by atoms with Gasteiger partial charge in [-0.15, -0.1) is 0 Å². The first-order valence-corrected chi connectivity index (χ1v) is 6.00. The fraction of sp³-hybridized carbons (Fsp3) is 0.231. The van der Waals surface area contributed by atoms with Gasteiger partial charge in [-0.05, 0) is 26.0 Å². The molecule has 0 atom stereocenters. The quantitative estimate of drug-likeness (QED) is 0.933. The second-order valence-corrected chi connectivity index (χ2v) is 4.36. The number of halogens is 2. The Hall–Kier alpha value is -1.88. The monoisotopic (exact) mass is 281 g/mol. The van der Waals surface area contributed by atoms with Crippen molar-refractivity contribution in [1.29, 1.82) is 0 Å². The fourth-order valence-corrected chi connectivity index (χ4v) is 1.77. The molecular formula is C13H13ClFN3O. The summed E-state index contributed by atoms with van der Waals surface area (Å²) < 4.78 is 18.2. The average molecular weight is 282 g/mol. The van der Waals surface area contributed by atoms with Gasteiger partial charge in [-0.2, -0.15) is 0 Å². The predicted octanol–water partition coefficient (Wildman–Crippen LogP) is 3.64. The van der Waals surface area contributed by atoms with Gasteiger partial charge in [0, 0.05) is 6.07 Å². The summed E-state index contributed by atoms with van der Waals surface area (Å²) in [5.74, 6) is 0.408. The summed E-state index contributed by atoms with van der Waals surface area (Å²) in [6, 6.07) is 4.17. The maximum absolute atomic E-state index is 13.1. The maximum Gasteiger partial charge on any atom is 0.172 e. The molecule has 1 aromatic carbocycles. The van der Waals surface area contributed by atoms with Gasteiger partial charge in [-0.25, -0.2) is 14.4 Å². The number of hydrogen-bond donors (Lipinski definition) is 1. The number of anilines is 2. The maximum atomic E-state index is 13.1. The van der Waals surface area contributed by atoms with Gasteiger partial charge in [0.2, 0.25) is 0 Å². The molecule has 1 N–H and O–H groups in total. The molecule has 0 aliphatic heterocycles. The number of nitrogens with one attached hydrogen (secondary N) is 1. The van der Waals surface area contributed by atoms with E-state index in [2.05, 4.69) is 15.3 Å². The van der Waals surface area contributed by atoms with Crippen LogP contribution >= 0.6 is 11.6 Å². The van der Waals surface area contributed by atoms with Crippen LogP contribution in [-0.4, -0.2) is 17.1 Å². The minimum absolute atomic E-state index is 0.259. The summed E-state index contributed by atoms with van der Waals surface area (Å²) in [7, 11) is 1.47. The van der Waals surface area contributed by atoms with Crippen molar-refractivity contribution in [3.8, 4) is 5.75 Å². The van der Waals surface area contributed by atoms with E-state index in [0.717, 1.165) is 11.4 Å². The summed E-state index contributed by atoms with van der Waals surface area (Å²) in [5, 5.41) is 3.25. The third-order valence-corrected chi connectivity index (χ3v) is 2.94. The first kappa shape index (κ1) is 13.5. The molecule has 4 nitrogen and oxygen atoms in total. The normalized spacial score (nSPS) is 10.4. The molecular weight excluding hydrogens is 269 g/mol. The van der Waals surface area contributed by atoms with E-state index < -0.39 is 0 Å². The van der Waals surface area contributed by atoms with Crippen LogP contribution in [0.25, 0.3) is 0 Å². The van der Waals surface area contributed by atoms with Gasteiger partial charge in [-0.1, -0.05) is 11.6 Å². The fourth-order valence-electron chi connectivity index (χ4n) is 1.55. The van der Waals surface area contributed by atoms with Gasteiger partial charge in [0.1, 0.15) is 11.6 Å². The molecule has 0 bridgehead atoms. The molecule has 0 spiro atoms. The third kappa shape index (κ3) is 2.93. The van der Waals surface area contributed by atoms with Crippen molar-refractivity contribution >= 4 is 23.1 Å². The number of methoxy groups -OCH3 is 1. The molecule has 0 amide bonds. The van der Waals surface area contributed by atoms with E-state index in [9.17, 15) is 4.39 Å². The Balaban J connectivity index is 2.39. The van der Waals surface area contributed by atoms with Crippen molar-refractivity contribution in [1.82, 2.24) is 9.97 Å². The first-order valence-electron chi connectivity index (χ1n) is 5.62. The van der Waals surface area contributed by atoms with Crippen molar-refractivity contribution < 1.29 is 9.13 Å². The lowest BCUT2D eigenvalue weighted by molar-refractivity contribution is 0.413. The number of benzene rings is 1. The van der Waals surface area contributed by atoms with Gasteiger partial charge in [0.05, 0.1) is 24.2 Å². The minimum atomic E-state index is -0.375. The SMILES string of the molecule is COc1cc(F)ccc1Nc1nc(C)c(C)nc1Cl. The van der Waals surface area contributed by atoms with Gasteiger partial charge in [0.15, 0.2) is 11.0 Å². The molecule has 0 radical (unpaired) electrons. The lowest BCUT2D eigenvalue weighted by atomic mass is 10.3. The van der Waals surface area contributed by atoms with Gasteiger partial charge in [-0.3, -0.25) is 0 Å². The summed E-state index contributed by atoms with van der Waals surface area (Å²) >= 11 is 6.03. The van der Waals surface area contributed by atoms with Crippen LogP contribution in [0.15, 0.2) is 18.2 Å². The highest BCUT2D eigenvalue weighted by Crippen LogP contribution is 2.30. The van der Waals surface area contributed by atoms with Crippen LogP contribution in [0.4, 0.5) is 15.9 Å². The number of aryl methyl sites for hydroxylation is 2. The molecule has 0 aliphatic rings. The molecule has 0 aliphatic carbocycles. The van der Waals surface area contributed by atoms with Gasteiger partial charge < -0.3 is 10.1 Å². The van der Waals surface area contributed by atoms with Crippen molar-refractivity contribution in [2.24, 2.45) is 0 Å². The highest BCUT2D eigenvalue weighted by molar-refractivity contribution is 6.31. The second kappa shape index (κ2) is 5.40. The zero-order valence-corrected chi connectivity index (χ0v) is 11.5. The Kier molecular flexibility index (Phi) is 3.85. The van der Waals surface area contributed by atoms with E-state index in [4.69, 9.17) is 16.3 Å². The average Bonchev–Trinajstić information content (AvgIpc) is 2.37. The largest absolute Gasteiger partial charge is 0.494 e. The molecule has 0 unspecified atom stereocenters. The molecule has 2 rings (SSSR count). The highest BCUT2D eigenvalue weighted by atomic mass is 35.5. The number of hydrogen-bond acceptors (Lipinski definition) is 4. The Morgan fingerprint density at radius 1 is 1.21 bits per heavy atom. The van der Waals surface area contributed by atoms with Gasteiger partial charge >= 0.3 is 0 Å². The van der Waals surface area contributed by atoms with Crippen LogP contribution in [0.3, 0.4) is 0 Å². The van der Waals surface area contributed by atoms with Crippen LogP contribution in [-0.2, 0) is 0 Å². The van der Waals surface area contributed by atoms with E-state index in [-0.39, 0.29) is 11.0 Å². The van der Waals surface area contributed by atoms with E-state index in [1.54, 1.807) is 6.07 Å². The van der Waals surface area contributed by atoms with E-state index in [0.29, 0.717) is 17.3 Å². The third-order valence-electron chi connectivity index (χ3n) is 2.68. The lowest BCUT2D eigenvalue weighted by Crippen LogP contribution is -2.02. The van der Waals surface area contributed by atoms with Crippen LogP contribution in [0.1, 0.15) is 11.4 Å². The smallest absolute Gasteiger partial charge is 0.172 e. The van der Waals surface area contributed by atoms with Crippen LogP contribution in [0.2, 0.25) is 5.15 Å².